The van der Waals surface area contributed by atoms with Crippen LogP contribution >= 0.6 is 11.3 Å². The molecule has 0 fully saturated rings. The molecule has 0 saturated carbocycles. The quantitative estimate of drug-likeness (QED) is 0.878. The van der Waals surface area contributed by atoms with Crippen molar-refractivity contribution in [1.29, 1.82) is 0 Å². The van der Waals surface area contributed by atoms with Gasteiger partial charge in [0.25, 0.3) is 0 Å². The highest BCUT2D eigenvalue weighted by atomic mass is 32.1. The van der Waals surface area contributed by atoms with Gasteiger partial charge in [-0.05, 0) is 19.1 Å². The van der Waals surface area contributed by atoms with Crippen molar-refractivity contribution >= 4 is 11.3 Å². The molecule has 0 unspecified atom stereocenters. The molecule has 0 radical (unpaired) electrons. The zero-order valence-corrected chi connectivity index (χ0v) is 12.1. The second-order valence-electron chi connectivity index (χ2n) is 3.99. The molecule has 1 N–H and O–H groups in total. The fourth-order valence-corrected chi connectivity index (χ4v) is 2.63. The van der Waals surface area contributed by atoms with Gasteiger partial charge in [-0.1, -0.05) is 0 Å². The Hall–Kier alpha value is -1.66. The molecule has 0 atom stereocenters. The summed E-state index contributed by atoms with van der Waals surface area (Å²) in [7, 11) is 3.18. The van der Waals surface area contributed by atoms with Gasteiger partial charge in [-0.3, -0.25) is 0 Å². The fourth-order valence-electron chi connectivity index (χ4n) is 1.77. The number of ether oxygens (including phenoxy) is 2. The lowest BCUT2D eigenvalue weighted by molar-refractivity contribution is 0.359. The minimum atomic E-state index is 0.543. The van der Waals surface area contributed by atoms with Crippen molar-refractivity contribution in [3.05, 3.63) is 33.8 Å². The van der Waals surface area contributed by atoms with E-state index in [-0.39, 0.29) is 0 Å². The van der Waals surface area contributed by atoms with E-state index in [0.717, 1.165) is 12.1 Å². The van der Waals surface area contributed by atoms with Crippen LogP contribution in [0.25, 0.3) is 0 Å². The number of aromatic nitrogens is 2. The lowest BCUT2D eigenvalue weighted by atomic mass is 10.3. The molecule has 0 spiro atoms. The molecule has 0 amide bonds. The smallest absolute Gasteiger partial charge is 0.224 e. The van der Waals surface area contributed by atoms with Gasteiger partial charge in [0.2, 0.25) is 11.8 Å². The molecule has 0 saturated heterocycles. The lowest BCUT2D eigenvalue weighted by Crippen LogP contribution is -2.14. The number of nitrogens with one attached hydrogen (secondary N) is 1. The predicted molar refractivity (Wildman–Crippen MR) is 74.7 cm³/mol. The van der Waals surface area contributed by atoms with Crippen molar-refractivity contribution in [2.45, 2.75) is 20.0 Å². The summed E-state index contributed by atoms with van der Waals surface area (Å²) >= 11 is 1.79. The minimum Gasteiger partial charge on any atom is -0.481 e. The molecule has 2 rings (SSSR count). The van der Waals surface area contributed by atoms with Gasteiger partial charge in [0.05, 0.1) is 19.8 Å². The van der Waals surface area contributed by atoms with Crippen LogP contribution in [-0.4, -0.2) is 24.2 Å². The van der Waals surface area contributed by atoms with Crippen molar-refractivity contribution in [3.63, 3.8) is 0 Å². The van der Waals surface area contributed by atoms with Crippen LogP contribution in [0.2, 0.25) is 0 Å². The van der Waals surface area contributed by atoms with Gasteiger partial charge in [-0.2, -0.15) is 0 Å². The highest BCUT2D eigenvalue weighted by Gasteiger charge is 2.12. The predicted octanol–water partition coefficient (Wildman–Crippen LogP) is 2.15. The zero-order valence-electron chi connectivity index (χ0n) is 11.3. The number of aryl methyl sites for hydroxylation is 1. The van der Waals surface area contributed by atoms with Gasteiger partial charge in [-0.15, -0.1) is 11.3 Å². The van der Waals surface area contributed by atoms with Crippen LogP contribution in [0.4, 0.5) is 0 Å². The summed E-state index contributed by atoms with van der Waals surface area (Å²) in [6.45, 7) is 3.51. The number of rotatable bonds is 6. The third-order valence-corrected chi connectivity index (χ3v) is 3.65. The molecule has 6 heteroatoms. The molecule has 2 aromatic rings. The SMILES string of the molecule is COc1ncnc(OC)c1CNCc1ccc(C)s1. The maximum atomic E-state index is 5.23. The van der Waals surface area contributed by atoms with Crippen LogP contribution in [-0.2, 0) is 13.1 Å². The van der Waals surface area contributed by atoms with Crippen LogP contribution in [0.5, 0.6) is 11.8 Å². The summed E-state index contributed by atoms with van der Waals surface area (Å²) in [5.74, 6) is 1.09. The summed E-state index contributed by atoms with van der Waals surface area (Å²) in [4.78, 5) is 10.8. The molecule has 2 aromatic heterocycles. The van der Waals surface area contributed by atoms with Crippen LogP contribution in [0.1, 0.15) is 15.3 Å². The van der Waals surface area contributed by atoms with Gasteiger partial charge in [-0.25, -0.2) is 9.97 Å². The first-order valence-corrected chi connectivity index (χ1v) is 6.74. The summed E-state index contributed by atoms with van der Waals surface area (Å²) in [6.07, 6.45) is 1.43. The van der Waals surface area contributed by atoms with Crippen molar-refractivity contribution in [3.8, 4) is 11.8 Å². The van der Waals surface area contributed by atoms with Crippen LogP contribution in [0.15, 0.2) is 18.5 Å². The normalized spacial score (nSPS) is 10.5. The number of hydrogen-bond acceptors (Lipinski definition) is 6. The first kappa shape index (κ1) is 13.8. The third-order valence-electron chi connectivity index (χ3n) is 2.65. The molecule has 5 nitrogen and oxygen atoms in total. The molecule has 0 aliphatic rings. The second-order valence-corrected chi connectivity index (χ2v) is 5.36. The average molecular weight is 279 g/mol. The van der Waals surface area contributed by atoms with E-state index in [0.29, 0.717) is 18.3 Å². The Morgan fingerprint density at radius 3 is 2.32 bits per heavy atom. The molecule has 102 valence electrons. The summed E-state index contributed by atoms with van der Waals surface area (Å²) in [5, 5.41) is 3.35. The Labute approximate surface area is 116 Å². The second kappa shape index (κ2) is 6.49. The van der Waals surface area contributed by atoms with Gasteiger partial charge in [0.15, 0.2) is 0 Å². The Morgan fingerprint density at radius 2 is 1.79 bits per heavy atom. The Balaban J connectivity index is 2.02. The lowest BCUT2D eigenvalue weighted by Gasteiger charge is -2.11. The van der Waals surface area contributed by atoms with Gasteiger partial charge in [0, 0.05) is 22.8 Å². The highest BCUT2D eigenvalue weighted by Crippen LogP contribution is 2.23. The number of hydrogen-bond donors (Lipinski definition) is 1. The third kappa shape index (κ3) is 3.42. The van der Waals surface area contributed by atoms with Crippen molar-refractivity contribution in [2.75, 3.05) is 14.2 Å². The van der Waals surface area contributed by atoms with E-state index in [1.165, 1.54) is 16.1 Å². The largest absolute Gasteiger partial charge is 0.481 e. The Kier molecular flexibility index (Phi) is 4.70. The molecule has 0 aromatic carbocycles. The van der Waals surface area contributed by atoms with Crippen molar-refractivity contribution < 1.29 is 9.47 Å². The van der Waals surface area contributed by atoms with E-state index in [1.54, 1.807) is 25.6 Å². The molecular weight excluding hydrogens is 262 g/mol. The summed E-state index contributed by atoms with van der Waals surface area (Å²) in [6, 6.07) is 4.25. The molecular formula is C13H17N3O2S. The van der Waals surface area contributed by atoms with Crippen molar-refractivity contribution in [1.82, 2.24) is 15.3 Å². The van der Waals surface area contributed by atoms with Crippen LogP contribution < -0.4 is 14.8 Å². The first-order chi connectivity index (χ1) is 9.24. The number of methoxy groups -OCH3 is 2. The zero-order chi connectivity index (χ0) is 13.7. The fraction of sp³-hybridized carbons (Fsp3) is 0.385. The Morgan fingerprint density at radius 1 is 1.11 bits per heavy atom. The van der Waals surface area contributed by atoms with E-state index < -0.39 is 0 Å². The molecule has 19 heavy (non-hydrogen) atoms. The number of nitrogens with zero attached hydrogens (tertiary/aromatic N) is 2. The Bertz CT molecular complexity index is 520. The molecule has 0 aliphatic carbocycles. The molecule has 0 aliphatic heterocycles. The molecule has 0 bridgehead atoms. The van der Waals surface area contributed by atoms with Gasteiger partial charge >= 0.3 is 0 Å². The van der Waals surface area contributed by atoms with E-state index in [9.17, 15) is 0 Å². The van der Waals surface area contributed by atoms with Gasteiger partial charge < -0.3 is 14.8 Å². The standard InChI is InChI=1S/C13H17N3O2S/c1-9-4-5-10(19-9)6-14-7-11-12(17-2)15-8-16-13(11)18-3/h4-5,8,14H,6-7H2,1-3H3. The van der Waals surface area contributed by atoms with E-state index in [2.05, 4.69) is 34.3 Å². The molecule has 2 heterocycles. The van der Waals surface area contributed by atoms with E-state index in [4.69, 9.17) is 9.47 Å². The van der Waals surface area contributed by atoms with Gasteiger partial charge in [0.1, 0.15) is 6.33 Å². The highest BCUT2D eigenvalue weighted by molar-refractivity contribution is 7.11. The maximum absolute atomic E-state index is 5.23. The monoisotopic (exact) mass is 279 g/mol. The van der Waals surface area contributed by atoms with Crippen LogP contribution in [0, 0.1) is 6.92 Å². The maximum Gasteiger partial charge on any atom is 0.224 e. The van der Waals surface area contributed by atoms with E-state index in [1.807, 2.05) is 0 Å². The van der Waals surface area contributed by atoms with E-state index >= 15 is 0 Å². The number of thiophene rings is 1. The van der Waals surface area contributed by atoms with Crippen molar-refractivity contribution in [2.24, 2.45) is 0 Å². The minimum absolute atomic E-state index is 0.543. The summed E-state index contributed by atoms with van der Waals surface area (Å²) in [5.41, 5.74) is 0.834. The summed E-state index contributed by atoms with van der Waals surface area (Å²) < 4.78 is 10.5. The average Bonchev–Trinajstić information content (AvgIpc) is 2.84. The van der Waals surface area contributed by atoms with Crippen LogP contribution in [0.3, 0.4) is 0 Å². The topological polar surface area (TPSA) is 56.3 Å². The first-order valence-electron chi connectivity index (χ1n) is 5.92.